The van der Waals surface area contributed by atoms with E-state index in [1.54, 1.807) is 12.2 Å². The van der Waals surface area contributed by atoms with Gasteiger partial charge in [0.25, 0.3) is 5.91 Å². The number of anilines is 1. The van der Waals surface area contributed by atoms with Gasteiger partial charge in [0, 0.05) is 13.1 Å². The van der Waals surface area contributed by atoms with Crippen molar-refractivity contribution in [1.29, 1.82) is 0 Å². The molecule has 200 valence electrons. The Labute approximate surface area is 219 Å². The lowest BCUT2D eigenvalue weighted by Crippen LogP contribution is -2.35. The summed E-state index contributed by atoms with van der Waals surface area (Å²) in [6.45, 7) is 11.4. The van der Waals surface area contributed by atoms with Crippen molar-refractivity contribution in [2.45, 2.75) is 40.0 Å². The van der Waals surface area contributed by atoms with Crippen molar-refractivity contribution in [1.82, 2.24) is 15.2 Å². The summed E-state index contributed by atoms with van der Waals surface area (Å²) >= 11 is 0. The van der Waals surface area contributed by atoms with Crippen LogP contribution in [0.25, 0.3) is 11.3 Å². The van der Waals surface area contributed by atoms with Gasteiger partial charge in [0.1, 0.15) is 11.6 Å². The van der Waals surface area contributed by atoms with Gasteiger partial charge >= 0.3 is 0 Å². The Bertz CT molecular complexity index is 1070. The van der Waals surface area contributed by atoms with Crippen LogP contribution in [0, 0.1) is 24.5 Å². The predicted octanol–water partition coefficient (Wildman–Crippen LogP) is 6.66. The number of nitrogens with zero attached hydrogens (tertiary/aromatic N) is 2. The van der Waals surface area contributed by atoms with Crippen LogP contribution in [0.15, 0.2) is 66.5 Å². The van der Waals surface area contributed by atoms with Crippen molar-refractivity contribution >= 4 is 11.6 Å². The molecule has 2 aromatic rings. The van der Waals surface area contributed by atoms with E-state index in [1.807, 2.05) is 26.8 Å². The molecule has 0 atom stereocenters. The molecule has 3 rings (SSSR count). The van der Waals surface area contributed by atoms with Gasteiger partial charge < -0.3 is 16.0 Å². The molecule has 1 saturated heterocycles. The number of rotatable bonds is 6. The van der Waals surface area contributed by atoms with E-state index in [-0.39, 0.29) is 22.6 Å². The normalized spacial score (nSPS) is 12.9. The second-order valence-corrected chi connectivity index (χ2v) is 7.22. The average molecular weight is 515 g/mol. The maximum Gasteiger partial charge on any atom is 0.276 e. The first-order valence-corrected chi connectivity index (χ1v) is 11.9. The molecule has 0 spiro atoms. The molecule has 1 amide bonds. The number of piperidine rings is 1. The third kappa shape index (κ3) is 9.19. The van der Waals surface area contributed by atoms with Gasteiger partial charge in [0.15, 0.2) is 5.69 Å². The quantitative estimate of drug-likeness (QED) is 0.334. The molecule has 0 saturated carbocycles. The standard InChI is InChI=1S/C24H26F2N4O.C2H6.C2H2.CH3F/c1-3-9-21(30-14-6-5-7-15-30)19(4-2)29-24(31)23-18(27)12-13-20(28-23)22-16(25)10-8-11-17(22)26;3*1-2/h3-4,8-13H,1,5-7,14-15,27H2,2H3,(H,29,31);1-2H3;1-2H;1H3/b19-4+,21-9+;;;. The summed E-state index contributed by atoms with van der Waals surface area (Å²) in [5.41, 5.74) is 7.11. The maximum atomic E-state index is 14.2. The average Bonchev–Trinajstić information content (AvgIpc) is 2.95. The molecular formula is C29H37F3N4O. The lowest BCUT2D eigenvalue weighted by atomic mass is 10.1. The number of carbonyl (C=O) groups excluding carboxylic acids is 1. The molecular weight excluding hydrogens is 477 g/mol. The SMILES string of the molecule is C#C.C=C/C=C(\C(=C/C)NC(=O)c1nc(-c2c(F)cccc2F)ccc1N)N1CCCCC1.CC.CF. The van der Waals surface area contributed by atoms with Crippen molar-refractivity contribution in [2.75, 3.05) is 26.0 Å². The molecule has 5 nitrogen and oxygen atoms in total. The zero-order chi connectivity index (χ0) is 28.4. The zero-order valence-corrected chi connectivity index (χ0v) is 22.0. The first kappa shape index (κ1) is 33.0. The summed E-state index contributed by atoms with van der Waals surface area (Å²) in [6.07, 6.45) is 16.6. The third-order valence-electron chi connectivity index (χ3n) is 5.15. The molecule has 3 N–H and O–H groups in total. The number of hydrogen-bond acceptors (Lipinski definition) is 4. The van der Waals surface area contributed by atoms with Gasteiger partial charge in [0.05, 0.1) is 35.5 Å². The molecule has 0 bridgehead atoms. The van der Waals surface area contributed by atoms with Crippen molar-refractivity contribution < 1.29 is 18.0 Å². The second-order valence-electron chi connectivity index (χ2n) is 7.22. The molecule has 1 aliphatic heterocycles. The largest absolute Gasteiger partial charge is 0.397 e. The number of alkyl halides is 1. The van der Waals surface area contributed by atoms with E-state index in [9.17, 15) is 18.0 Å². The van der Waals surface area contributed by atoms with E-state index in [2.05, 4.69) is 34.6 Å². The molecule has 0 aliphatic carbocycles. The molecule has 1 aromatic heterocycles. The van der Waals surface area contributed by atoms with Crippen molar-refractivity contribution in [3.8, 4) is 24.1 Å². The van der Waals surface area contributed by atoms with Crippen LogP contribution in [0.2, 0.25) is 0 Å². The minimum Gasteiger partial charge on any atom is -0.397 e. The van der Waals surface area contributed by atoms with Crippen LogP contribution in [0.1, 0.15) is 50.5 Å². The smallest absolute Gasteiger partial charge is 0.276 e. The maximum absolute atomic E-state index is 14.2. The molecule has 8 heteroatoms. The molecule has 1 fully saturated rings. The highest BCUT2D eigenvalue weighted by Gasteiger charge is 2.21. The lowest BCUT2D eigenvalue weighted by molar-refractivity contribution is 0.0960. The number of terminal acetylenes is 1. The fraction of sp³-hybridized carbons (Fsp3) is 0.310. The van der Waals surface area contributed by atoms with Crippen molar-refractivity contribution in [3.63, 3.8) is 0 Å². The number of likely N-dealkylation sites (tertiary alicyclic amines) is 1. The van der Waals surface area contributed by atoms with E-state index >= 15 is 0 Å². The zero-order valence-electron chi connectivity index (χ0n) is 22.0. The van der Waals surface area contributed by atoms with Crippen LogP contribution in [-0.2, 0) is 0 Å². The van der Waals surface area contributed by atoms with Crippen LogP contribution in [0.5, 0.6) is 0 Å². The Morgan fingerprint density at radius 3 is 2.16 bits per heavy atom. The molecule has 1 aromatic carbocycles. The van der Waals surface area contributed by atoms with E-state index in [4.69, 9.17) is 5.73 Å². The highest BCUT2D eigenvalue weighted by Crippen LogP contribution is 2.26. The monoisotopic (exact) mass is 514 g/mol. The van der Waals surface area contributed by atoms with Crippen LogP contribution in [0.3, 0.4) is 0 Å². The number of pyridine rings is 1. The first-order valence-electron chi connectivity index (χ1n) is 11.9. The molecule has 37 heavy (non-hydrogen) atoms. The highest BCUT2D eigenvalue weighted by molar-refractivity contribution is 5.99. The minimum absolute atomic E-state index is 0.00475. The minimum atomic E-state index is -0.765. The fourth-order valence-corrected chi connectivity index (χ4v) is 3.61. The van der Waals surface area contributed by atoms with Crippen LogP contribution in [0.4, 0.5) is 18.9 Å². The van der Waals surface area contributed by atoms with Gasteiger partial charge in [-0.1, -0.05) is 38.6 Å². The van der Waals surface area contributed by atoms with Gasteiger partial charge in [0.2, 0.25) is 0 Å². The number of nitrogen functional groups attached to an aromatic ring is 1. The van der Waals surface area contributed by atoms with Gasteiger partial charge in [-0.25, -0.2) is 13.8 Å². The Balaban J connectivity index is 0.00000201. The van der Waals surface area contributed by atoms with Crippen LogP contribution >= 0.6 is 0 Å². The highest BCUT2D eigenvalue weighted by atomic mass is 19.1. The lowest BCUT2D eigenvalue weighted by Gasteiger charge is -2.32. The number of hydrogen-bond donors (Lipinski definition) is 2. The third-order valence-corrected chi connectivity index (χ3v) is 5.15. The number of benzene rings is 1. The van der Waals surface area contributed by atoms with Crippen LogP contribution in [-0.4, -0.2) is 36.1 Å². The summed E-state index contributed by atoms with van der Waals surface area (Å²) < 4.78 is 37.9. The number of nitrogens with two attached hydrogens (primary N) is 1. The Kier molecular flexibility index (Phi) is 16.3. The number of nitrogens with one attached hydrogen (secondary N) is 1. The van der Waals surface area contributed by atoms with Crippen molar-refractivity contribution in [2.24, 2.45) is 0 Å². The van der Waals surface area contributed by atoms with E-state index in [0.29, 0.717) is 12.9 Å². The topological polar surface area (TPSA) is 71.2 Å². The predicted molar refractivity (Wildman–Crippen MR) is 147 cm³/mol. The summed E-state index contributed by atoms with van der Waals surface area (Å²) in [4.78, 5) is 19.4. The van der Waals surface area contributed by atoms with E-state index in [0.717, 1.165) is 43.8 Å². The second kappa shape index (κ2) is 18.3. The summed E-state index contributed by atoms with van der Waals surface area (Å²) in [5, 5.41) is 2.85. The number of halogens is 3. The van der Waals surface area contributed by atoms with E-state index in [1.165, 1.54) is 24.6 Å². The molecule has 0 unspecified atom stereocenters. The molecule has 1 aliphatic rings. The Morgan fingerprint density at radius 1 is 1.08 bits per heavy atom. The van der Waals surface area contributed by atoms with E-state index < -0.39 is 17.5 Å². The summed E-state index contributed by atoms with van der Waals surface area (Å²) in [5.74, 6) is -2.09. The number of allylic oxidation sites excluding steroid dienone is 3. The summed E-state index contributed by atoms with van der Waals surface area (Å²) in [6, 6.07) is 6.36. The fourth-order valence-electron chi connectivity index (χ4n) is 3.61. The molecule has 0 radical (unpaired) electrons. The van der Waals surface area contributed by atoms with Crippen LogP contribution < -0.4 is 11.1 Å². The number of carbonyl (C=O) groups is 1. The first-order chi connectivity index (χ1) is 18.0. The number of aromatic nitrogens is 1. The summed E-state index contributed by atoms with van der Waals surface area (Å²) in [7, 11) is 0.500. The van der Waals surface area contributed by atoms with Gasteiger partial charge in [-0.15, -0.1) is 12.8 Å². The Morgan fingerprint density at radius 2 is 1.65 bits per heavy atom. The van der Waals surface area contributed by atoms with Gasteiger partial charge in [-0.3, -0.25) is 9.18 Å². The van der Waals surface area contributed by atoms with Gasteiger partial charge in [-0.2, -0.15) is 0 Å². The number of amides is 1. The molecule has 2 heterocycles. The Hall–Kier alpha value is -3.99. The van der Waals surface area contributed by atoms with Gasteiger partial charge in [-0.05, 0) is 56.5 Å². The van der Waals surface area contributed by atoms with Crippen molar-refractivity contribution in [3.05, 3.63) is 83.9 Å².